The minimum Gasteiger partial charge on any atom is -0.378 e. The predicted octanol–water partition coefficient (Wildman–Crippen LogP) is 1.47. The third kappa shape index (κ3) is 4.81. The van der Waals surface area contributed by atoms with Crippen LogP contribution in [0.25, 0.3) is 0 Å². The van der Waals surface area contributed by atoms with E-state index in [9.17, 15) is 32.7 Å². The van der Waals surface area contributed by atoms with Crippen LogP contribution in [0.3, 0.4) is 0 Å². The summed E-state index contributed by atoms with van der Waals surface area (Å²) in [6.45, 7) is 0. The van der Waals surface area contributed by atoms with Gasteiger partial charge < -0.3 is 16.2 Å². The van der Waals surface area contributed by atoms with Crippen LogP contribution >= 0.6 is 0 Å². The molecule has 9 heteroatoms. The Bertz CT molecular complexity index is 688. The second-order valence-corrected chi connectivity index (χ2v) is 6.31. The lowest BCUT2D eigenvalue weighted by Gasteiger charge is -2.28. The van der Waals surface area contributed by atoms with Crippen LogP contribution in [-0.2, 0) is 20.6 Å². The summed E-state index contributed by atoms with van der Waals surface area (Å²) in [4.78, 5) is 35.4. The predicted molar refractivity (Wildman–Crippen MR) is 84.5 cm³/mol. The average molecular weight is 372 g/mol. The number of carbonyl (C=O) groups excluding carboxylic acids is 3. The number of carbonyl (C=O) groups is 3. The zero-order valence-corrected chi connectivity index (χ0v) is 13.8. The summed E-state index contributed by atoms with van der Waals surface area (Å²) in [5.74, 6) is -2.30. The fourth-order valence-corrected chi connectivity index (χ4v) is 3.00. The van der Waals surface area contributed by atoms with Gasteiger partial charge in [0.25, 0.3) is 5.91 Å². The van der Waals surface area contributed by atoms with Crippen LogP contribution in [0, 0.1) is 5.92 Å². The summed E-state index contributed by atoms with van der Waals surface area (Å²) < 4.78 is 37.7. The number of amides is 2. The van der Waals surface area contributed by atoms with Crippen molar-refractivity contribution in [3.8, 4) is 0 Å². The average Bonchev–Trinajstić information content (AvgIpc) is 2.57. The van der Waals surface area contributed by atoms with Gasteiger partial charge in [-0.25, -0.2) is 0 Å². The number of benzene rings is 1. The third-order valence-corrected chi connectivity index (χ3v) is 4.40. The number of aliphatic hydroxyl groups is 1. The molecular formula is C17H19F3N2O4. The fraction of sp³-hybridized carbons (Fsp3) is 0.471. The summed E-state index contributed by atoms with van der Waals surface area (Å²) in [6.07, 6.45) is -4.69. The monoisotopic (exact) mass is 372 g/mol. The van der Waals surface area contributed by atoms with E-state index in [4.69, 9.17) is 5.73 Å². The second kappa shape index (κ2) is 7.86. The number of alkyl halides is 3. The van der Waals surface area contributed by atoms with Crippen LogP contribution in [0.2, 0.25) is 0 Å². The zero-order chi connectivity index (χ0) is 19.5. The Morgan fingerprint density at radius 3 is 2.35 bits per heavy atom. The highest BCUT2D eigenvalue weighted by Crippen LogP contribution is 2.30. The Labute approximate surface area is 147 Å². The van der Waals surface area contributed by atoms with Gasteiger partial charge in [-0.05, 0) is 36.5 Å². The van der Waals surface area contributed by atoms with Crippen molar-refractivity contribution in [3.05, 3.63) is 35.4 Å². The summed E-state index contributed by atoms with van der Waals surface area (Å²) in [5, 5.41) is 12.4. The van der Waals surface area contributed by atoms with Crippen LogP contribution in [0.4, 0.5) is 13.2 Å². The number of rotatable bonds is 5. The first-order chi connectivity index (χ1) is 12.1. The van der Waals surface area contributed by atoms with E-state index < -0.39 is 41.6 Å². The molecule has 0 unspecified atom stereocenters. The molecule has 2 amide bonds. The molecule has 1 fully saturated rings. The number of primary amides is 1. The Morgan fingerprint density at radius 1 is 1.23 bits per heavy atom. The number of ketones is 1. The number of hydrogen-bond donors (Lipinski definition) is 3. The molecule has 0 bridgehead atoms. The van der Waals surface area contributed by atoms with Crippen molar-refractivity contribution < 1.29 is 32.7 Å². The molecule has 1 aliphatic carbocycles. The smallest absolute Gasteiger partial charge is 0.378 e. The van der Waals surface area contributed by atoms with Gasteiger partial charge >= 0.3 is 6.18 Å². The lowest BCUT2D eigenvalue weighted by Crippen LogP contribution is -2.51. The largest absolute Gasteiger partial charge is 0.416 e. The van der Waals surface area contributed by atoms with Crippen molar-refractivity contribution in [2.45, 2.75) is 44.0 Å². The van der Waals surface area contributed by atoms with Crippen LogP contribution in [-0.4, -0.2) is 28.7 Å². The van der Waals surface area contributed by atoms with Crippen LogP contribution in [0.5, 0.6) is 0 Å². The van der Waals surface area contributed by atoms with Crippen molar-refractivity contribution in [2.75, 3.05) is 0 Å². The summed E-state index contributed by atoms with van der Waals surface area (Å²) in [6, 6.07) is 2.33. The number of halogens is 3. The van der Waals surface area contributed by atoms with Gasteiger partial charge in [-0.1, -0.05) is 12.1 Å². The first-order valence-electron chi connectivity index (χ1n) is 8.06. The minimum atomic E-state index is -4.53. The van der Waals surface area contributed by atoms with Crippen LogP contribution < -0.4 is 11.1 Å². The number of Topliss-reactive ketones (excluding diaryl/α,β-unsaturated/α-hetero) is 1. The maximum Gasteiger partial charge on any atom is 0.416 e. The third-order valence-electron chi connectivity index (χ3n) is 4.40. The topological polar surface area (TPSA) is 109 Å². The number of hydrogen-bond acceptors (Lipinski definition) is 4. The quantitative estimate of drug-likeness (QED) is 0.727. The van der Waals surface area contributed by atoms with Gasteiger partial charge in [0.2, 0.25) is 5.91 Å². The van der Waals surface area contributed by atoms with E-state index in [1.165, 1.54) is 0 Å². The van der Waals surface area contributed by atoms with E-state index in [0.29, 0.717) is 19.3 Å². The summed E-state index contributed by atoms with van der Waals surface area (Å²) in [5.41, 5.74) is 4.33. The number of aliphatic hydroxyl groups excluding tert-OH is 1. The molecule has 0 aromatic heterocycles. The standard InChI is InChI=1S/C17H19F3N2O4/c18-17(19,20)11-6-4-9(5-7-11)14(24)16(26)22-13(15(21)25)10-2-1-3-12(23)8-10/h4-7,10,13-14,24H,1-3,8H2,(H2,21,25)(H,22,26)/t10-,13+,14+/m1/s1. The summed E-state index contributed by atoms with van der Waals surface area (Å²) in [7, 11) is 0. The van der Waals surface area contributed by atoms with Gasteiger partial charge in [-0.3, -0.25) is 14.4 Å². The first kappa shape index (κ1) is 19.9. The number of nitrogens with two attached hydrogens (primary N) is 1. The van der Waals surface area contributed by atoms with Crippen LogP contribution in [0.15, 0.2) is 24.3 Å². The van der Waals surface area contributed by atoms with Gasteiger partial charge in [0.15, 0.2) is 6.10 Å². The summed E-state index contributed by atoms with van der Waals surface area (Å²) >= 11 is 0. The number of nitrogens with one attached hydrogen (secondary N) is 1. The molecule has 1 saturated carbocycles. The van der Waals surface area contributed by atoms with Gasteiger partial charge in [-0.2, -0.15) is 13.2 Å². The molecule has 0 radical (unpaired) electrons. The molecule has 1 aromatic rings. The minimum absolute atomic E-state index is 0.0370. The Hall–Kier alpha value is -2.42. The van der Waals surface area contributed by atoms with Gasteiger partial charge in [0.1, 0.15) is 11.8 Å². The first-order valence-corrected chi connectivity index (χ1v) is 8.06. The van der Waals surface area contributed by atoms with Crippen molar-refractivity contribution in [1.82, 2.24) is 5.32 Å². The highest BCUT2D eigenvalue weighted by Gasteiger charge is 2.34. The lowest BCUT2D eigenvalue weighted by molar-refractivity contribution is -0.137. The SMILES string of the molecule is NC(=O)[C@@H](NC(=O)[C@@H](O)c1ccc(C(F)(F)F)cc1)[C@@H]1CCCC(=O)C1. The van der Waals surface area contributed by atoms with Gasteiger partial charge in [-0.15, -0.1) is 0 Å². The van der Waals surface area contributed by atoms with Gasteiger partial charge in [0.05, 0.1) is 5.56 Å². The van der Waals surface area contributed by atoms with E-state index in [1.54, 1.807) is 0 Å². The van der Waals surface area contributed by atoms with E-state index in [2.05, 4.69) is 5.32 Å². The van der Waals surface area contributed by atoms with Gasteiger partial charge in [0, 0.05) is 12.8 Å². The Kier molecular flexibility index (Phi) is 6.01. The lowest BCUT2D eigenvalue weighted by atomic mass is 9.82. The van der Waals surface area contributed by atoms with E-state index in [0.717, 1.165) is 24.3 Å². The van der Waals surface area contributed by atoms with Crippen molar-refractivity contribution >= 4 is 17.6 Å². The highest BCUT2D eigenvalue weighted by molar-refractivity contribution is 5.90. The maximum absolute atomic E-state index is 12.6. The molecule has 0 spiro atoms. The molecule has 3 atom stereocenters. The maximum atomic E-state index is 12.6. The molecule has 2 rings (SSSR count). The van der Waals surface area contributed by atoms with E-state index >= 15 is 0 Å². The zero-order valence-electron chi connectivity index (χ0n) is 13.8. The molecule has 142 valence electrons. The Balaban J connectivity index is 2.08. The van der Waals surface area contributed by atoms with Crippen LogP contribution in [0.1, 0.15) is 42.9 Å². The van der Waals surface area contributed by atoms with E-state index in [1.807, 2.05) is 0 Å². The molecule has 6 nitrogen and oxygen atoms in total. The van der Waals surface area contributed by atoms with E-state index in [-0.39, 0.29) is 17.8 Å². The second-order valence-electron chi connectivity index (χ2n) is 6.31. The molecule has 1 aliphatic rings. The fourth-order valence-electron chi connectivity index (χ4n) is 3.00. The van der Waals surface area contributed by atoms with Crippen molar-refractivity contribution in [3.63, 3.8) is 0 Å². The van der Waals surface area contributed by atoms with Crippen molar-refractivity contribution in [1.29, 1.82) is 0 Å². The molecule has 0 saturated heterocycles. The molecule has 0 aliphatic heterocycles. The molecule has 26 heavy (non-hydrogen) atoms. The normalized spacial score (nSPS) is 20.3. The Morgan fingerprint density at radius 2 is 1.85 bits per heavy atom. The van der Waals surface area contributed by atoms with Crippen molar-refractivity contribution in [2.24, 2.45) is 11.7 Å². The molecule has 4 N–H and O–H groups in total. The molecule has 0 heterocycles. The molecule has 1 aromatic carbocycles. The molecular weight excluding hydrogens is 353 g/mol. The highest BCUT2D eigenvalue weighted by atomic mass is 19.4.